The maximum atomic E-state index is 12.1. The Hall–Kier alpha value is -0.610. The first-order valence-corrected chi connectivity index (χ1v) is 8.90. The van der Waals surface area contributed by atoms with Gasteiger partial charge in [-0.2, -0.15) is 0 Å². The van der Waals surface area contributed by atoms with Crippen molar-refractivity contribution >= 4 is 5.91 Å². The fourth-order valence-corrected chi connectivity index (χ4v) is 4.20. The minimum Gasteiger partial charge on any atom is -0.395 e. The summed E-state index contributed by atoms with van der Waals surface area (Å²) in [5.41, 5.74) is -0.419. The fourth-order valence-electron chi connectivity index (χ4n) is 4.20. The van der Waals surface area contributed by atoms with E-state index in [1.54, 1.807) is 0 Å². The highest BCUT2D eigenvalue weighted by atomic mass is 16.3. The zero-order chi connectivity index (χ0) is 14.7. The number of aliphatic hydroxyl groups excluding tert-OH is 1. The van der Waals surface area contributed by atoms with Gasteiger partial charge < -0.3 is 10.4 Å². The Balaban J connectivity index is 1.45. The Morgan fingerprint density at radius 1 is 1.14 bits per heavy atom. The van der Waals surface area contributed by atoms with Gasteiger partial charge in [0, 0.05) is 18.6 Å². The lowest BCUT2D eigenvalue weighted by Crippen LogP contribution is -2.47. The summed E-state index contributed by atoms with van der Waals surface area (Å²) in [6.07, 6.45) is 12.3. The maximum absolute atomic E-state index is 12.1. The average Bonchev–Trinajstić information content (AvgIpc) is 3.14. The maximum Gasteiger partial charge on any atom is 0.228 e. The quantitative estimate of drug-likeness (QED) is 0.788. The average molecular weight is 294 g/mol. The lowest BCUT2D eigenvalue weighted by Gasteiger charge is -2.40. The van der Waals surface area contributed by atoms with Crippen LogP contribution in [0.5, 0.6) is 0 Å². The molecule has 0 aromatic heterocycles. The number of carbonyl (C=O) groups is 1. The van der Waals surface area contributed by atoms with Gasteiger partial charge in [0.05, 0.1) is 12.0 Å². The third kappa shape index (κ3) is 3.42. The van der Waals surface area contributed by atoms with Gasteiger partial charge in [0.2, 0.25) is 5.91 Å². The zero-order valence-corrected chi connectivity index (χ0v) is 13.1. The van der Waals surface area contributed by atoms with Crippen molar-refractivity contribution in [3.05, 3.63) is 0 Å². The number of aliphatic hydroxyl groups is 1. The van der Waals surface area contributed by atoms with Crippen molar-refractivity contribution in [1.29, 1.82) is 0 Å². The number of piperidine rings is 1. The van der Waals surface area contributed by atoms with Crippen LogP contribution in [0.25, 0.3) is 0 Å². The van der Waals surface area contributed by atoms with Crippen molar-refractivity contribution in [2.75, 3.05) is 19.7 Å². The lowest BCUT2D eigenvalue weighted by molar-refractivity contribution is -0.127. The van der Waals surface area contributed by atoms with Crippen molar-refractivity contribution in [2.24, 2.45) is 5.41 Å². The molecule has 3 aliphatic rings. The predicted octanol–water partition coefficient (Wildman–Crippen LogP) is 2.06. The van der Waals surface area contributed by atoms with Gasteiger partial charge in [-0.3, -0.25) is 9.69 Å². The van der Waals surface area contributed by atoms with E-state index in [0.717, 1.165) is 31.8 Å². The van der Waals surface area contributed by atoms with Crippen LogP contribution in [0.15, 0.2) is 0 Å². The molecule has 0 radical (unpaired) electrons. The molecule has 4 nitrogen and oxygen atoms in total. The van der Waals surface area contributed by atoms with Crippen LogP contribution in [0.4, 0.5) is 0 Å². The molecule has 1 aliphatic heterocycles. The number of likely N-dealkylation sites (tertiary alicyclic amines) is 1. The Bertz CT molecular complexity index is 362. The normalized spacial score (nSPS) is 29.5. The van der Waals surface area contributed by atoms with E-state index in [1.165, 1.54) is 51.5 Å². The molecule has 2 saturated carbocycles. The molecule has 120 valence electrons. The summed E-state index contributed by atoms with van der Waals surface area (Å²) in [5, 5.41) is 12.4. The van der Waals surface area contributed by atoms with E-state index in [4.69, 9.17) is 0 Å². The summed E-state index contributed by atoms with van der Waals surface area (Å²) < 4.78 is 0. The van der Waals surface area contributed by atoms with Crippen molar-refractivity contribution in [1.82, 2.24) is 10.2 Å². The smallest absolute Gasteiger partial charge is 0.228 e. The highest BCUT2D eigenvalue weighted by molar-refractivity contribution is 5.85. The number of rotatable bonds is 6. The molecule has 2 N–H and O–H groups in total. The van der Waals surface area contributed by atoms with Crippen LogP contribution in [0, 0.1) is 5.41 Å². The molecule has 1 heterocycles. The SMILES string of the molecule is O=C(NCC[C@H]1CCCCN1C1CCCC1)C1(CO)CC1. The second kappa shape index (κ2) is 6.66. The molecule has 0 spiro atoms. The van der Waals surface area contributed by atoms with Crippen molar-refractivity contribution < 1.29 is 9.90 Å². The molecule has 1 atom stereocenters. The molecule has 3 fully saturated rings. The molecule has 0 unspecified atom stereocenters. The van der Waals surface area contributed by atoms with Crippen LogP contribution >= 0.6 is 0 Å². The first kappa shape index (κ1) is 15.3. The largest absolute Gasteiger partial charge is 0.395 e. The first-order chi connectivity index (χ1) is 10.2. The molecule has 0 aromatic rings. The number of carbonyl (C=O) groups excluding carboxylic acids is 1. The summed E-state index contributed by atoms with van der Waals surface area (Å²) in [7, 11) is 0. The van der Waals surface area contributed by atoms with E-state index in [0.29, 0.717) is 6.04 Å². The number of nitrogens with one attached hydrogen (secondary N) is 1. The molecule has 4 heteroatoms. The lowest BCUT2D eigenvalue weighted by atomic mass is 9.96. The monoisotopic (exact) mass is 294 g/mol. The van der Waals surface area contributed by atoms with E-state index in [2.05, 4.69) is 10.2 Å². The van der Waals surface area contributed by atoms with Crippen molar-refractivity contribution in [3.63, 3.8) is 0 Å². The Morgan fingerprint density at radius 2 is 1.86 bits per heavy atom. The molecule has 0 aromatic carbocycles. The van der Waals surface area contributed by atoms with Crippen LogP contribution in [-0.4, -0.2) is 47.7 Å². The highest BCUT2D eigenvalue weighted by Gasteiger charge is 2.49. The van der Waals surface area contributed by atoms with Crippen LogP contribution in [0.1, 0.15) is 64.2 Å². The summed E-state index contributed by atoms with van der Waals surface area (Å²) in [6.45, 7) is 2.04. The highest BCUT2D eigenvalue weighted by Crippen LogP contribution is 2.45. The Labute approximate surface area is 128 Å². The molecule has 1 saturated heterocycles. The number of amides is 1. The Morgan fingerprint density at radius 3 is 2.52 bits per heavy atom. The first-order valence-electron chi connectivity index (χ1n) is 8.90. The second-order valence-corrected chi connectivity index (χ2v) is 7.31. The number of hydrogen-bond donors (Lipinski definition) is 2. The zero-order valence-electron chi connectivity index (χ0n) is 13.1. The van der Waals surface area contributed by atoms with Gasteiger partial charge in [-0.05, 0) is 51.5 Å². The molecular formula is C17H30N2O2. The van der Waals surface area contributed by atoms with Crippen LogP contribution in [-0.2, 0) is 4.79 Å². The van der Waals surface area contributed by atoms with Gasteiger partial charge in [0.1, 0.15) is 0 Å². The molecule has 2 aliphatic carbocycles. The molecule has 1 amide bonds. The topological polar surface area (TPSA) is 52.6 Å². The van der Waals surface area contributed by atoms with Crippen LogP contribution in [0.3, 0.4) is 0 Å². The standard InChI is InChI=1S/C17H30N2O2/c20-13-17(9-10-17)16(21)18-11-8-15-7-3-4-12-19(15)14-5-1-2-6-14/h14-15,20H,1-13H2,(H,18,21)/t15-/m1/s1. The third-order valence-electron chi connectivity index (χ3n) is 5.87. The van der Waals surface area contributed by atoms with Gasteiger partial charge in [0.15, 0.2) is 0 Å². The summed E-state index contributed by atoms with van der Waals surface area (Å²) in [4.78, 5) is 14.8. The van der Waals surface area contributed by atoms with Gasteiger partial charge in [-0.1, -0.05) is 19.3 Å². The van der Waals surface area contributed by atoms with Gasteiger partial charge in [0.25, 0.3) is 0 Å². The fraction of sp³-hybridized carbons (Fsp3) is 0.941. The van der Waals surface area contributed by atoms with Crippen molar-refractivity contribution in [3.8, 4) is 0 Å². The molecule has 21 heavy (non-hydrogen) atoms. The van der Waals surface area contributed by atoms with E-state index in [1.807, 2.05) is 0 Å². The minimum absolute atomic E-state index is 0.0104. The minimum atomic E-state index is -0.419. The predicted molar refractivity (Wildman–Crippen MR) is 83.0 cm³/mol. The van der Waals surface area contributed by atoms with Gasteiger partial charge in [-0.25, -0.2) is 0 Å². The third-order valence-corrected chi connectivity index (χ3v) is 5.87. The summed E-state index contributed by atoms with van der Waals surface area (Å²) in [5.74, 6) is 0.0771. The van der Waals surface area contributed by atoms with E-state index in [-0.39, 0.29) is 12.5 Å². The Kier molecular flexibility index (Phi) is 4.85. The van der Waals surface area contributed by atoms with Gasteiger partial charge >= 0.3 is 0 Å². The molecular weight excluding hydrogens is 264 g/mol. The molecule has 0 bridgehead atoms. The summed E-state index contributed by atoms with van der Waals surface area (Å²) in [6, 6.07) is 1.46. The van der Waals surface area contributed by atoms with E-state index < -0.39 is 5.41 Å². The van der Waals surface area contributed by atoms with Gasteiger partial charge in [-0.15, -0.1) is 0 Å². The summed E-state index contributed by atoms with van der Waals surface area (Å²) >= 11 is 0. The van der Waals surface area contributed by atoms with Crippen molar-refractivity contribution in [2.45, 2.75) is 76.3 Å². The number of hydrogen-bond acceptors (Lipinski definition) is 3. The number of nitrogens with zero attached hydrogens (tertiary/aromatic N) is 1. The molecule has 3 rings (SSSR count). The van der Waals surface area contributed by atoms with E-state index >= 15 is 0 Å². The van der Waals surface area contributed by atoms with Crippen LogP contribution in [0.2, 0.25) is 0 Å². The van der Waals surface area contributed by atoms with E-state index in [9.17, 15) is 9.90 Å². The second-order valence-electron chi connectivity index (χ2n) is 7.31. The van der Waals surface area contributed by atoms with Crippen LogP contribution < -0.4 is 5.32 Å².